The van der Waals surface area contributed by atoms with Crippen molar-refractivity contribution in [3.05, 3.63) is 11.5 Å². The smallest absolute Gasteiger partial charge is 0.207 e. The average Bonchev–Trinajstić information content (AvgIpc) is 2.37. The van der Waals surface area contributed by atoms with Gasteiger partial charge in [0.15, 0.2) is 0 Å². The fraction of sp³-hybridized carbons (Fsp3) is 0.714. The van der Waals surface area contributed by atoms with Gasteiger partial charge in [-0.3, -0.25) is 0 Å². The molecule has 0 saturated carbocycles. The molecule has 70 valence electrons. The highest BCUT2D eigenvalue weighted by Gasteiger charge is 2.20. The van der Waals surface area contributed by atoms with Gasteiger partial charge in [0, 0.05) is 10.7 Å². The van der Waals surface area contributed by atoms with Crippen LogP contribution in [0.15, 0.2) is 11.5 Å². The Bertz CT molecular complexity index is 265. The first-order valence-corrected chi connectivity index (χ1v) is 7.17. The molecule has 1 rings (SSSR count). The Morgan fingerprint density at radius 1 is 1.67 bits per heavy atom. The lowest BCUT2D eigenvalue weighted by molar-refractivity contribution is 0.585. The molecule has 0 radical (unpaired) electrons. The lowest BCUT2D eigenvalue weighted by Gasteiger charge is -2.07. The summed E-state index contributed by atoms with van der Waals surface area (Å²) in [6.07, 6.45) is 1.61. The van der Waals surface area contributed by atoms with Crippen molar-refractivity contribution in [2.75, 3.05) is 11.5 Å². The van der Waals surface area contributed by atoms with Gasteiger partial charge in [-0.1, -0.05) is 6.58 Å². The quantitative estimate of drug-likeness (QED) is 0.692. The van der Waals surface area contributed by atoms with Gasteiger partial charge >= 0.3 is 0 Å². The van der Waals surface area contributed by atoms with Crippen molar-refractivity contribution in [1.29, 1.82) is 0 Å². The van der Waals surface area contributed by atoms with E-state index in [1.54, 1.807) is 0 Å². The standard InChI is InChI=1S/C7H11ClO2S2/c1-6(12(8,9)10)4-7-2-3-11-5-7/h7H,1-5H2. The van der Waals surface area contributed by atoms with E-state index in [1.807, 2.05) is 11.8 Å². The van der Waals surface area contributed by atoms with Crippen molar-refractivity contribution >= 4 is 31.5 Å². The second-order valence-corrected chi connectivity index (χ2v) is 6.73. The lowest BCUT2D eigenvalue weighted by atomic mass is 10.1. The summed E-state index contributed by atoms with van der Waals surface area (Å²) in [6.45, 7) is 3.46. The van der Waals surface area contributed by atoms with E-state index in [0.29, 0.717) is 12.3 Å². The average molecular weight is 227 g/mol. The molecule has 0 aromatic carbocycles. The van der Waals surface area contributed by atoms with Gasteiger partial charge in [-0.25, -0.2) is 8.42 Å². The third-order valence-corrected chi connectivity index (χ3v) is 4.63. The Morgan fingerprint density at radius 2 is 2.33 bits per heavy atom. The number of allylic oxidation sites excluding steroid dienone is 1. The SMILES string of the molecule is C=C(CC1CCSC1)S(=O)(=O)Cl. The minimum Gasteiger partial charge on any atom is -0.207 e. The van der Waals surface area contributed by atoms with Crippen molar-refractivity contribution in [2.24, 2.45) is 5.92 Å². The van der Waals surface area contributed by atoms with Crippen molar-refractivity contribution in [2.45, 2.75) is 12.8 Å². The molecule has 0 bridgehead atoms. The minimum absolute atomic E-state index is 0.164. The first kappa shape index (κ1) is 10.4. The summed E-state index contributed by atoms with van der Waals surface area (Å²) >= 11 is 1.86. The van der Waals surface area contributed by atoms with Crippen molar-refractivity contribution in [1.82, 2.24) is 0 Å². The molecular weight excluding hydrogens is 216 g/mol. The Kier molecular flexibility index (Phi) is 3.49. The molecular formula is C7H11ClO2S2. The highest BCUT2D eigenvalue weighted by Crippen LogP contribution is 2.30. The van der Waals surface area contributed by atoms with Gasteiger partial charge in [0.1, 0.15) is 0 Å². The van der Waals surface area contributed by atoms with Crippen molar-refractivity contribution in [3.63, 3.8) is 0 Å². The Labute approximate surface area is 81.8 Å². The molecule has 0 aliphatic carbocycles. The van der Waals surface area contributed by atoms with E-state index < -0.39 is 9.05 Å². The predicted octanol–water partition coefficient (Wildman–Crippen LogP) is 2.21. The third-order valence-electron chi connectivity index (χ3n) is 1.89. The first-order chi connectivity index (χ1) is 5.50. The van der Waals surface area contributed by atoms with Crippen LogP contribution in [0.25, 0.3) is 0 Å². The van der Waals surface area contributed by atoms with Gasteiger partial charge < -0.3 is 0 Å². The maximum absolute atomic E-state index is 10.8. The van der Waals surface area contributed by atoms with Gasteiger partial charge in [-0.05, 0) is 30.3 Å². The molecule has 1 heterocycles. The molecule has 0 spiro atoms. The zero-order chi connectivity index (χ0) is 9.19. The van der Waals surface area contributed by atoms with E-state index in [0.717, 1.165) is 17.9 Å². The van der Waals surface area contributed by atoms with Crippen LogP contribution in [-0.2, 0) is 9.05 Å². The highest BCUT2D eigenvalue weighted by molar-refractivity contribution is 8.16. The van der Waals surface area contributed by atoms with Crippen LogP contribution in [0, 0.1) is 5.92 Å². The zero-order valence-corrected chi connectivity index (χ0v) is 9.01. The van der Waals surface area contributed by atoms with E-state index >= 15 is 0 Å². The normalized spacial score (nSPS) is 24.2. The summed E-state index contributed by atoms with van der Waals surface area (Å²) in [5.41, 5.74) is 0. The topological polar surface area (TPSA) is 34.1 Å². The molecule has 1 saturated heterocycles. The van der Waals surface area contributed by atoms with E-state index in [9.17, 15) is 8.42 Å². The number of hydrogen-bond donors (Lipinski definition) is 0. The molecule has 0 amide bonds. The number of hydrogen-bond acceptors (Lipinski definition) is 3. The van der Waals surface area contributed by atoms with Crippen LogP contribution in [0.4, 0.5) is 0 Å². The van der Waals surface area contributed by atoms with Crippen LogP contribution in [0.3, 0.4) is 0 Å². The number of thioether (sulfide) groups is 1. The molecule has 0 aromatic heterocycles. The fourth-order valence-electron chi connectivity index (χ4n) is 1.17. The van der Waals surface area contributed by atoms with E-state index in [1.165, 1.54) is 0 Å². The summed E-state index contributed by atoms with van der Waals surface area (Å²) in [7, 11) is 1.61. The van der Waals surface area contributed by atoms with Crippen LogP contribution < -0.4 is 0 Å². The summed E-state index contributed by atoms with van der Waals surface area (Å²) in [4.78, 5) is 0.164. The van der Waals surface area contributed by atoms with E-state index in [4.69, 9.17) is 10.7 Å². The zero-order valence-electron chi connectivity index (χ0n) is 6.62. The van der Waals surface area contributed by atoms with Crippen LogP contribution in [0.2, 0.25) is 0 Å². The van der Waals surface area contributed by atoms with Gasteiger partial charge in [0.25, 0.3) is 9.05 Å². The van der Waals surface area contributed by atoms with Gasteiger partial charge in [0.2, 0.25) is 0 Å². The molecule has 2 nitrogen and oxygen atoms in total. The maximum Gasteiger partial charge on any atom is 0.256 e. The van der Waals surface area contributed by atoms with Crippen LogP contribution in [0.5, 0.6) is 0 Å². The van der Waals surface area contributed by atoms with Crippen molar-refractivity contribution in [3.8, 4) is 0 Å². The van der Waals surface area contributed by atoms with E-state index in [-0.39, 0.29) is 4.91 Å². The van der Waals surface area contributed by atoms with Gasteiger partial charge in [-0.15, -0.1) is 0 Å². The Balaban J connectivity index is 2.46. The molecule has 1 fully saturated rings. The number of rotatable bonds is 3. The largest absolute Gasteiger partial charge is 0.256 e. The molecule has 1 aliphatic rings. The monoisotopic (exact) mass is 226 g/mol. The second kappa shape index (κ2) is 4.03. The fourth-order valence-corrected chi connectivity index (χ4v) is 3.07. The molecule has 1 aliphatic heterocycles. The summed E-state index contributed by atoms with van der Waals surface area (Å²) < 4.78 is 21.6. The maximum atomic E-state index is 10.8. The number of halogens is 1. The van der Waals surface area contributed by atoms with Gasteiger partial charge in [-0.2, -0.15) is 11.8 Å². The summed E-state index contributed by atoms with van der Waals surface area (Å²) in [5, 5.41) is 0. The van der Waals surface area contributed by atoms with E-state index in [2.05, 4.69) is 6.58 Å². The van der Waals surface area contributed by atoms with Crippen LogP contribution >= 0.6 is 22.4 Å². The lowest BCUT2D eigenvalue weighted by Crippen LogP contribution is -2.03. The predicted molar refractivity (Wildman–Crippen MR) is 54.0 cm³/mol. The Morgan fingerprint density at radius 3 is 2.75 bits per heavy atom. The van der Waals surface area contributed by atoms with Crippen molar-refractivity contribution < 1.29 is 8.42 Å². The summed E-state index contributed by atoms with van der Waals surface area (Å²) in [6, 6.07) is 0. The molecule has 1 unspecified atom stereocenters. The van der Waals surface area contributed by atoms with Gasteiger partial charge in [0.05, 0.1) is 4.91 Å². The Hall–Kier alpha value is 0.330. The molecule has 0 aromatic rings. The summed E-state index contributed by atoms with van der Waals surface area (Å²) in [5.74, 6) is 2.61. The van der Waals surface area contributed by atoms with Crippen LogP contribution in [-0.4, -0.2) is 19.9 Å². The second-order valence-electron chi connectivity index (χ2n) is 2.91. The molecule has 1 atom stereocenters. The highest BCUT2D eigenvalue weighted by atomic mass is 35.7. The minimum atomic E-state index is -3.52. The molecule has 0 N–H and O–H groups in total. The first-order valence-electron chi connectivity index (χ1n) is 3.70. The molecule has 12 heavy (non-hydrogen) atoms. The third kappa shape index (κ3) is 2.99. The molecule has 5 heteroatoms. The van der Waals surface area contributed by atoms with Crippen LogP contribution in [0.1, 0.15) is 12.8 Å².